The van der Waals surface area contributed by atoms with Crippen molar-refractivity contribution in [3.63, 3.8) is 0 Å². The maximum absolute atomic E-state index is 12.9. The van der Waals surface area contributed by atoms with Crippen molar-refractivity contribution in [3.05, 3.63) is 34.5 Å². The van der Waals surface area contributed by atoms with Gasteiger partial charge in [-0.15, -0.1) is 12.4 Å². The first-order chi connectivity index (χ1) is 11.3. The molecule has 0 saturated heterocycles. The summed E-state index contributed by atoms with van der Waals surface area (Å²) in [6, 6.07) is 4.34. The molecule has 0 saturated carbocycles. The molecule has 2 aromatic rings. The Morgan fingerprint density at radius 2 is 1.92 bits per heavy atom. The van der Waals surface area contributed by atoms with Crippen LogP contribution >= 0.6 is 12.4 Å². The molecule has 1 heterocycles. The molecule has 3 rings (SSSR count). The third kappa shape index (κ3) is 3.82. The lowest BCUT2D eigenvalue weighted by Gasteiger charge is -2.31. The number of hydrogen-bond acceptors (Lipinski definition) is 3. The quantitative estimate of drug-likeness (QED) is 0.717. The third-order valence-electron chi connectivity index (χ3n) is 4.90. The number of hydrogen-bond donors (Lipinski definition) is 1. The SMILES string of the molecule is CCCCNc1c2c(nc3c(C)cc(C)cc13)CC(C)(C)CC2=O.Cl. The van der Waals surface area contributed by atoms with E-state index in [-0.39, 0.29) is 23.6 Å². The van der Waals surface area contributed by atoms with Crippen LogP contribution in [0.25, 0.3) is 10.9 Å². The summed E-state index contributed by atoms with van der Waals surface area (Å²) in [6.07, 6.45) is 3.69. The van der Waals surface area contributed by atoms with Crippen molar-refractivity contribution in [2.24, 2.45) is 5.41 Å². The summed E-state index contributed by atoms with van der Waals surface area (Å²) in [4.78, 5) is 17.8. The van der Waals surface area contributed by atoms with Crippen molar-refractivity contribution in [1.29, 1.82) is 0 Å². The molecule has 1 aromatic carbocycles. The normalized spacial score (nSPS) is 15.6. The van der Waals surface area contributed by atoms with E-state index < -0.39 is 0 Å². The van der Waals surface area contributed by atoms with Crippen LogP contribution in [0.15, 0.2) is 12.1 Å². The number of carbonyl (C=O) groups excluding carboxylic acids is 1. The minimum atomic E-state index is -0.00987. The molecule has 1 aromatic heterocycles. The highest BCUT2D eigenvalue weighted by Crippen LogP contribution is 2.40. The molecule has 0 aliphatic heterocycles. The Kier molecular flexibility index (Phi) is 5.78. The van der Waals surface area contributed by atoms with Crippen LogP contribution < -0.4 is 5.32 Å². The summed E-state index contributed by atoms with van der Waals surface area (Å²) in [5.74, 6) is 0.230. The second-order valence-corrected chi connectivity index (χ2v) is 8.01. The lowest BCUT2D eigenvalue weighted by molar-refractivity contribution is 0.0911. The highest BCUT2D eigenvalue weighted by atomic mass is 35.5. The predicted molar refractivity (Wildman–Crippen MR) is 108 cm³/mol. The number of nitrogens with zero attached hydrogens (tertiary/aromatic N) is 1. The molecule has 0 bridgehead atoms. The van der Waals surface area contributed by atoms with Gasteiger partial charge in [-0.2, -0.15) is 0 Å². The summed E-state index contributed by atoms with van der Waals surface area (Å²) < 4.78 is 0. The second kappa shape index (κ2) is 7.33. The Balaban J connectivity index is 0.00000225. The van der Waals surface area contributed by atoms with Gasteiger partial charge in [-0.05, 0) is 43.7 Å². The summed E-state index contributed by atoms with van der Waals surface area (Å²) in [5.41, 5.74) is 6.23. The van der Waals surface area contributed by atoms with Crippen LogP contribution in [0.4, 0.5) is 5.69 Å². The van der Waals surface area contributed by atoms with Crippen LogP contribution in [-0.2, 0) is 6.42 Å². The maximum Gasteiger partial charge on any atom is 0.167 e. The monoisotopic (exact) mass is 360 g/mol. The zero-order chi connectivity index (χ0) is 17.5. The van der Waals surface area contributed by atoms with E-state index in [0.29, 0.717) is 6.42 Å². The highest BCUT2D eigenvalue weighted by Gasteiger charge is 2.34. The molecule has 0 fully saturated rings. The van der Waals surface area contributed by atoms with Gasteiger partial charge in [0.2, 0.25) is 0 Å². The van der Waals surface area contributed by atoms with Gasteiger partial charge in [0, 0.05) is 18.4 Å². The number of ketones is 1. The molecule has 25 heavy (non-hydrogen) atoms. The molecular formula is C21H29ClN2O. The van der Waals surface area contributed by atoms with Crippen molar-refractivity contribution in [2.75, 3.05) is 11.9 Å². The number of carbonyl (C=O) groups is 1. The third-order valence-corrected chi connectivity index (χ3v) is 4.90. The van der Waals surface area contributed by atoms with Crippen LogP contribution in [0.1, 0.15) is 67.2 Å². The summed E-state index contributed by atoms with van der Waals surface area (Å²) in [5, 5.41) is 4.66. The topological polar surface area (TPSA) is 42.0 Å². The molecule has 3 nitrogen and oxygen atoms in total. The van der Waals surface area contributed by atoms with Crippen LogP contribution in [-0.4, -0.2) is 17.3 Å². The fraction of sp³-hybridized carbons (Fsp3) is 0.524. The Morgan fingerprint density at radius 3 is 2.60 bits per heavy atom. The van der Waals surface area contributed by atoms with E-state index in [0.717, 1.165) is 53.7 Å². The summed E-state index contributed by atoms with van der Waals surface area (Å²) in [7, 11) is 0. The number of anilines is 1. The molecule has 136 valence electrons. The first-order valence-electron chi connectivity index (χ1n) is 9.03. The van der Waals surface area contributed by atoms with Gasteiger partial charge in [0.25, 0.3) is 0 Å². The number of rotatable bonds is 4. The van der Waals surface area contributed by atoms with Gasteiger partial charge in [0.15, 0.2) is 5.78 Å². The van der Waals surface area contributed by atoms with Crippen molar-refractivity contribution >= 4 is 34.8 Å². The molecule has 1 aliphatic carbocycles. The number of aryl methyl sites for hydroxylation is 2. The van der Waals surface area contributed by atoms with E-state index in [9.17, 15) is 4.79 Å². The Hall–Kier alpha value is -1.61. The number of fused-ring (bicyclic) bond motifs is 2. The minimum Gasteiger partial charge on any atom is -0.384 e. The first-order valence-corrected chi connectivity index (χ1v) is 9.03. The smallest absolute Gasteiger partial charge is 0.167 e. The Labute approximate surface area is 157 Å². The first kappa shape index (κ1) is 19.7. The molecular weight excluding hydrogens is 332 g/mol. The van der Waals surface area contributed by atoms with E-state index in [1.165, 1.54) is 11.1 Å². The fourth-order valence-electron chi connectivity index (χ4n) is 3.81. The largest absolute Gasteiger partial charge is 0.384 e. The van der Waals surface area contributed by atoms with Gasteiger partial charge in [0.05, 0.1) is 22.5 Å². The number of aromatic nitrogens is 1. The van der Waals surface area contributed by atoms with E-state index in [1.807, 2.05) is 0 Å². The van der Waals surface area contributed by atoms with Crippen LogP contribution in [0, 0.1) is 19.3 Å². The Bertz CT molecular complexity index is 811. The van der Waals surface area contributed by atoms with Gasteiger partial charge in [0.1, 0.15) is 0 Å². The second-order valence-electron chi connectivity index (χ2n) is 8.01. The molecule has 0 atom stereocenters. The number of benzene rings is 1. The number of pyridine rings is 1. The molecule has 1 aliphatic rings. The van der Waals surface area contributed by atoms with Crippen molar-refractivity contribution < 1.29 is 4.79 Å². The number of nitrogens with one attached hydrogen (secondary N) is 1. The zero-order valence-electron chi connectivity index (χ0n) is 16.0. The van der Waals surface area contributed by atoms with Gasteiger partial charge in [-0.25, -0.2) is 0 Å². The standard InChI is InChI=1S/C21H28N2O.ClH/c1-6-7-8-22-20-15-10-13(2)9-14(3)19(15)23-16-11-21(4,5)12-17(24)18(16)20;/h9-10H,6-8,11-12H2,1-5H3,(H,22,23);1H. The van der Waals surface area contributed by atoms with E-state index in [1.54, 1.807) is 0 Å². The molecule has 4 heteroatoms. The zero-order valence-corrected chi connectivity index (χ0v) is 16.8. The number of Topliss-reactive ketones (excluding diaryl/α,β-unsaturated/α-hetero) is 1. The predicted octanol–water partition coefficient (Wildman–Crippen LogP) is 5.64. The van der Waals surface area contributed by atoms with E-state index in [2.05, 4.69) is 52.1 Å². The van der Waals surface area contributed by atoms with Gasteiger partial charge >= 0.3 is 0 Å². The van der Waals surface area contributed by atoms with Crippen LogP contribution in [0.5, 0.6) is 0 Å². The Morgan fingerprint density at radius 1 is 1.20 bits per heavy atom. The number of halogens is 1. The molecule has 0 unspecified atom stereocenters. The fourth-order valence-corrected chi connectivity index (χ4v) is 3.81. The molecule has 1 N–H and O–H groups in total. The summed E-state index contributed by atoms with van der Waals surface area (Å²) >= 11 is 0. The lowest BCUT2D eigenvalue weighted by atomic mass is 9.75. The van der Waals surface area contributed by atoms with Gasteiger partial charge < -0.3 is 5.32 Å². The van der Waals surface area contributed by atoms with Gasteiger partial charge in [-0.1, -0.05) is 38.8 Å². The molecule has 0 radical (unpaired) electrons. The number of unbranched alkanes of at least 4 members (excludes halogenated alkanes) is 1. The van der Waals surface area contributed by atoms with Crippen molar-refractivity contribution in [3.8, 4) is 0 Å². The maximum atomic E-state index is 12.9. The van der Waals surface area contributed by atoms with E-state index in [4.69, 9.17) is 4.98 Å². The van der Waals surface area contributed by atoms with Crippen molar-refractivity contribution in [2.45, 2.75) is 60.3 Å². The van der Waals surface area contributed by atoms with Gasteiger partial charge in [-0.3, -0.25) is 9.78 Å². The molecule has 0 amide bonds. The average Bonchev–Trinajstić information content (AvgIpc) is 2.46. The lowest BCUT2D eigenvalue weighted by Crippen LogP contribution is -2.29. The summed E-state index contributed by atoms with van der Waals surface area (Å²) in [6.45, 7) is 11.6. The average molecular weight is 361 g/mol. The van der Waals surface area contributed by atoms with Crippen LogP contribution in [0.3, 0.4) is 0 Å². The van der Waals surface area contributed by atoms with E-state index >= 15 is 0 Å². The molecule has 0 spiro atoms. The highest BCUT2D eigenvalue weighted by molar-refractivity contribution is 6.10. The van der Waals surface area contributed by atoms with Crippen LogP contribution in [0.2, 0.25) is 0 Å². The minimum absolute atomic E-state index is 0. The van der Waals surface area contributed by atoms with Crippen molar-refractivity contribution in [1.82, 2.24) is 4.98 Å².